The maximum absolute atomic E-state index is 12.1. The van der Waals surface area contributed by atoms with Crippen molar-refractivity contribution in [1.82, 2.24) is 0 Å². The Balaban J connectivity index is 2.23. The summed E-state index contributed by atoms with van der Waals surface area (Å²) in [6.07, 6.45) is 1.05. The van der Waals surface area contributed by atoms with Crippen LogP contribution in [0.5, 0.6) is 0 Å². The molecule has 1 amide bonds. The van der Waals surface area contributed by atoms with Crippen LogP contribution in [-0.2, 0) is 19.9 Å². The molecule has 0 aliphatic heterocycles. The number of primary sulfonamides is 1. The summed E-state index contributed by atoms with van der Waals surface area (Å²) in [7, 11) is -7.22. The number of nitrogens with one attached hydrogen (secondary N) is 1. The first kappa shape index (κ1) is 17.1. The molecule has 23 heavy (non-hydrogen) atoms. The molecule has 0 atom stereocenters. The Morgan fingerprint density at radius 2 is 1.57 bits per heavy atom. The Labute approximate surface area is 134 Å². The zero-order chi connectivity index (χ0) is 17.3. The third-order valence-corrected chi connectivity index (χ3v) is 5.00. The maximum atomic E-state index is 12.1. The molecule has 0 aliphatic rings. The number of hydrogen-bond donors (Lipinski definition) is 2. The lowest BCUT2D eigenvalue weighted by atomic mass is 10.2. The Morgan fingerprint density at radius 3 is 2.09 bits per heavy atom. The van der Waals surface area contributed by atoms with Crippen LogP contribution in [0.25, 0.3) is 0 Å². The third kappa shape index (κ3) is 4.38. The molecule has 0 unspecified atom stereocenters. The molecule has 0 fully saturated rings. The van der Waals surface area contributed by atoms with Gasteiger partial charge in [-0.1, -0.05) is 6.07 Å². The second kappa shape index (κ2) is 6.11. The van der Waals surface area contributed by atoms with Crippen LogP contribution in [0.15, 0.2) is 58.3 Å². The van der Waals surface area contributed by atoms with Gasteiger partial charge in [0.05, 0.1) is 9.79 Å². The maximum Gasteiger partial charge on any atom is 0.255 e. The summed E-state index contributed by atoms with van der Waals surface area (Å²) in [5.41, 5.74) is 0.524. The molecule has 0 saturated heterocycles. The smallest absolute Gasteiger partial charge is 0.255 e. The summed E-state index contributed by atoms with van der Waals surface area (Å²) in [6, 6.07) is 10.9. The topological polar surface area (TPSA) is 123 Å². The van der Waals surface area contributed by atoms with E-state index in [-0.39, 0.29) is 15.4 Å². The average molecular weight is 354 g/mol. The lowest BCUT2D eigenvalue weighted by Gasteiger charge is -2.07. The summed E-state index contributed by atoms with van der Waals surface area (Å²) in [5, 5.41) is 7.53. The normalized spacial score (nSPS) is 11.9. The number of carbonyl (C=O) groups is 1. The summed E-state index contributed by atoms with van der Waals surface area (Å²) in [5.74, 6) is -0.515. The molecular formula is C14H14N2O5S2. The summed E-state index contributed by atoms with van der Waals surface area (Å²) >= 11 is 0. The lowest BCUT2D eigenvalue weighted by molar-refractivity contribution is 0.102. The minimum absolute atomic E-state index is 0.0368. The van der Waals surface area contributed by atoms with Crippen molar-refractivity contribution >= 4 is 31.5 Å². The highest BCUT2D eigenvalue weighted by Crippen LogP contribution is 2.16. The van der Waals surface area contributed by atoms with Crippen LogP contribution < -0.4 is 10.5 Å². The second-order valence-corrected chi connectivity index (χ2v) is 8.40. The predicted molar refractivity (Wildman–Crippen MR) is 85.3 cm³/mol. The van der Waals surface area contributed by atoms with Crippen molar-refractivity contribution in [3.05, 3.63) is 54.1 Å². The van der Waals surface area contributed by atoms with Crippen molar-refractivity contribution < 1.29 is 21.6 Å². The highest BCUT2D eigenvalue weighted by molar-refractivity contribution is 7.90. The minimum atomic E-state index is -3.80. The molecule has 0 saturated carbocycles. The van der Waals surface area contributed by atoms with Gasteiger partial charge in [0.25, 0.3) is 5.91 Å². The van der Waals surface area contributed by atoms with Crippen molar-refractivity contribution in [2.75, 3.05) is 11.6 Å². The number of benzene rings is 2. The molecule has 0 spiro atoms. The Bertz CT molecular complexity index is 949. The van der Waals surface area contributed by atoms with E-state index in [2.05, 4.69) is 5.32 Å². The van der Waals surface area contributed by atoms with E-state index in [4.69, 9.17) is 5.14 Å². The Morgan fingerprint density at radius 1 is 0.957 bits per heavy atom. The lowest BCUT2D eigenvalue weighted by Crippen LogP contribution is -2.14. The zero-order valence-corrected chi connectivity index (χ0v) is 13.7. The first-order valence-electron chi connectivity index (χ1n) is 6.32. The van der Waals surface area contributed by atoms with Crippen LogP contribution >= 0.6 is 0 Å². The molecule has 0 aliphatic carbocycles. The number of sulfone groups is 1. The number of hydrogen-bond acceptors (Lipinski definition) is 5. The number of carbonyl (C=O) groups excluding carboxylic acids is 1. The van der Waals surface area contributed by atoms with Crippen LogP contribution in [0.1, 0.15) is 10.4 Å². The van der Waals surface area contributed by atoms with Gasteiger partial charge < -0.3 is 5.32 Å². The summed E-state index contributed by atoms with van der Waals surface area (Å²) in [4.78, 5) is 12.1. The molecule has 0 aromatic heterocycles. The molecular weight excluding hydrogens is 340 g/mol. The fourth-order valence-electron chi connectivity index (χ4n) is 1.80. The first-order valence-corrected chi connectivity index (χ1v) is 9.75. The van der Waals surface area contributed by atoms with Crippen LogP contribution in [0.2, 0.25) is 0 Å². The van der Waals surface area contributed by atoms with E-state index in [0.29, 0.717) is 5.69 Å². The van der Waals surface area contributed by atoms with Crippen molar-refractivity contribution in [3.8, 4) is 0 Å². The Hall–Kier alpha value is -2.23. The number of anilines is 1. The third-order valence-electron chi connectivity index (χ3n) is 2.97. The van der Waals surface area contributed by atoms with Gasteiger partial charge >= 0.3 is 0 Å². The van der Waals surface area contributed by atoms with E-state index in [9.17, 15) is 21.6 Å². The molecule has 3 N–H and O–H groups in total. The van der Waals surface area contributed by atoms with Gasteiger partial charge in [-0.3, -0.25) is 4.79 Å². The van der Waals surface area contributed by atoms with Gasteiger partial charge in [-0.25, -0.2) is 22.0 Å². The SMILES string of the molecule is CS(=O)(=O)c1cccc(C(=O)Nc2ccc(S(N)(=O)=O)cc2)c1. The fourth-order valence-corrected chi connectivity index (χ4v) is 2.98. The molecule has 122 valence electrons. The van der Waals surface area contributed by atoms with Crippen LogP contribution in [0.4, 0.5) is 5.69 Å². The highest BCUT2D eigenvalue weighted by atomic mass is 32.2. The van der Waals surface area contributed by atoms with E-state index >= 15 is 0 Å². The van der Waals surface area contributed by atoms with Crippen LogP contribution in [0, 0.1) is 0 Å². The largest absolute Gasteiger partial charge is 0.322 e. The van der Waals surface area contributed by atoms with Crippen LogP contribution in [-0.4, -0.2) is 29.0 Å². The van der Waals surface area contributed by atoms with Crippen molar-refractivity contribution in [1.29, 1.82) is 0 Å². The molecule has 0 heterocycles. The van der Waals surface area contributed by atoms with Crippen molar-refractivity contribution in [3.63, 3.8) is 0 Å². The number of sulfonamides is 1. The predicted octanol–water partition coefficient (Wildman–Crippen LogP) is 0.990. The number of nitrogens with two attached hydrogens (primary N) is 1. The van der Waals surface area contributed by atoms with Gasteiger partial charge in [0, 0.05) is 17.5 Å². The van der Waals surface area contributed by atoms with Gasteiger partial charge in [0.1, 0.15) is 0 Å². The molecule has 9 heteroatoms. The van der Waals surface area contributed by atoms with Gasteiger partial charge in [-0.05, 0) is 42.5 Å². The van der Waals surface area contributed by atoms with Crippen molar-refractivity contribution in [2.24, 2.45) is 5.14 Å². The molecule has 2 rings (SSSR count). The molecule has 0 bridgehead atoms. The van der Waals surface area contributed by atoms with Gasteiger partial charge in [0.15, 0.2) is 9.84 Å². The molecule has 2 aromatic carbocycles. The number of amides is 1. The standard InChI is InChI=1S/C14H14N2O5S2/c1-22(18,19)13-4-2-3-10(9-13)14(17)16-11-5-7-12(8-6-11)23(15,20)21/h2-9H,1H3,(H,16,17)(H2,15,20,21). The van der Waals surface area contributed by atoms with Gasteiger partial charge in [-0.2, -0.15) is 0 Å². The average Bonchev–Trinajstić information content (AvgIpc) is 2.46. The Kier molecular flexibility index (Phi) is 4.55. The second-order valence-electron chi connectivity index (χ2n) is 4.82. The van der Waals surface area contributed by atoms with E-state index < -0.39 is 25.8 Å². The zero-order valence-electron chi connectivity index (χ0n) is 12.1. The van der Waals surface area contributed by atoms with E-state index in [0.717, 1.165) is 6.26 Å². The van der Waals surface area contributed by atoms with Gasteiger partial charge in [-0.15, -0.1) is 0 Å². The molecule has 7 nitrogen and oxygen atoms in total. The summed E-state index contributed by atoms with van der Waals surface area (Å²) in [6.45, 7) is 0. The van der Waals surface area contributed by atoms with E-state index in [1.807, 2.05) is 0 Å². The molecule has 0 radical (unpaired) electrons. The van der Waals surface area contributed by atoms with E-state index in [1.54, 1.807) is 0 Å². The van der Waals surface area contributed by atoms with Gasteiger partial charge in [0.2, 0.25) is 10.0 Å². The van der Waals surface area contributed by atoms with E-state index in [1.165, 1.54) is 48.5 Å². The first-order chi connectivity index (χ1) is 10.6. The van der Waals surface area contributed by atoms with Crippen molar-refractivity contribution in [2.45, 2.75) is 9.79 Å². The highest BCUT2D eigenvalue weighted by Gasteiger charge is 2.12. The minimum Gasteiger partial charge on any atom is -0.322 e. The van der Waals surface area contributed by atoms with Crippen LogP contribution in [0.3, 0.4) is 0 Å². The summed E-state index contributed by atoms with van der Waals surface area (Å²) < 4.78 is 45.3. The molecule has 2 aromatic rings. The number of rotatable bonds is 4. The quantitative estimate of drug-likeness (QED) is 0.847. The monoisotopic (exact) mass is 354 g/mol. The fraction of sp³-hybridized carbons (Fsp3) is 0.0714.